The van der Waals surface area contributed by atoms with Gasteiger partial charge in [-0.2, -0.15) is 0 Å². The third-order valence-corrected chi connectivity index (χ3v) is 10.4. The van der Waals surface area contributed by atoms with Crippen LogP contribution in [0.5, 0.6) is 0 Å². The lowest BCUT2D eigenvalue weighted by atomic mass is 9.96. The van der Waals surface area contributed by atoms with Crippen molar-refractivity contribution in [2.75, 3.05) is 13.2 Å². The monoisotopic (exact) mass is 384 g/mol. The van der Waals surface area contributed by atoms with Gasteiger partial charge in [-0.05, 0) is 40.1 Å². The smallest absolute Gasteiger partial charge is 0.261 e. The second-order valence-corrected chi connectivity index (χ2v) is 13.2. The largest absolute Gasteiger partial charge is 0.407 e. The Hall–Kier alpha value is -1.42. The molecule has 0 spiro atoms. The first kappa shape index (κ1) is 21.9. The minimum atomic E-state index is -2.43. The first-order chi connectivity index (χ1) is 12.8. The van der Waals surface area contributed by atoms with Crippen molar-refractivity contribution in [2.24, 2.45) is 11.8 Å². The van der Waals surface area contributed by atoms with Gasteiger partial charge < -0.3 is 9.53 Å². The van der Waals surface area contributed by atoms with Gasteiger partial charge in [0.15, 0.2) is 0 Å². The first-order valence-electron chi connectivity index (χ1n) is 10.2. The van der Waals surface area contributed by atoms with Gasteiger partial charge in [0.25, 0.3) is 8.32 Å². The predicted octanol–water partition coefficient (Wildman–Crippen LogP) is 4.61. The van der Waals surface area contributed by atoms with Crippen molar-refractivity contribution in [1.29, 1.82) is 0 Å². The Morgan fingerprint density at radius 2 is 1.33 bits per heavy atom. The van der Waals surface area contributed by atoms with Gasteiger partial charge in [0.2, 0.25) is 0 Å². The first-order valence-corrected chi connectivity index (χ1v) is 12.1. The normalized spacial score (nSPS) is 14.7. The number of aliphatic hydroxyl groups excluding tert-OH is 1. The van der Waals surface area contributed by atoms with Crippen molar-refractivity contribution in [3.63, 3.8) is 0 Å². The van der Waals surface area contributed by atoms with Gasteiger partial charge >= 0.3 is 0 Å². The maximum atomic E-state index is 9.19. The molecule has 0 aliphatic rings. The van der Waals surface area contributed by atoms with Crippen molar-refractivity contribution in [1.82, 2.24) is 0 Å². The van der Waals surface area contributed by atoms with E-state index in [0.29, 0.717) is 11.8 Å². The van der Waals surface area contributed by atoms with Gasteiger partial charge in [0.1, 0.15) is 0 Å². The van der Waals surface area contributed by atoms with E-state index in [2.05, 4.69) is 95.3 Å². The fourth-order valence-electron chi connectivity index (χ4n) is 4.12. The Morgan fingerprint density at radius 3 is 1.74 bits per heavy atom. The van der Waals surface area contributed by atoms with Gasteiger partial charge in [-0.1, -0.05) is 95.3 Å². The Kier molecular flexibility index (Phi) is 7.84. The summed E-state index contributed by atoms with van der Waals surface area (Å²) >= 11 is 0. The zero-order valence-corrected chi connectivity index (χ0v) is 18.6. The summed E-state index contributed by atoms with van der Waals surface area (Å²) in [5.41, 5.74) is 0. The van der Waals surface area contributed by atoms with Crippen LogP contribution in [-0.2, 0) is 4.43 Å². The van der Waals surface area contributed by atoms with Gasteiger partial charge in [-0.15, -0.1) is 0 Å². The van der Waals surface area contributed by atoms with Crippen LogP contribution in [0.4, 0.5) is 0 Å². The maximum Gasteiger partial charge on any atom is 0.261 e. The van der Waals surface area contributed by atoms with Crippen LogP contribution in [0, 0.1) is 11.8 Å². The Labute approximate surface area is 166 Å². The molecule has 2 rings (SSSR count). The van der Waals surface area contributed by atoms with Gasteiger partial charge in [-0.3, -0.25) is 0 Å². The maximum absolute atomic E-state index is 9.19. The molecule has 0 unspecified atom stereocenters. The van der Waals surface area contributed by atoms with E-state index < -0.39 is 8.32 Å². The van der Waals surface area contributed by atoms with Crippen LogP contribution in [0.3, 0.4) is 0 Å². The van der Waals surface area contributed by atoms with Crippen LogP contribution >= 0.6 is 0 Å². The molecule has 2 nitrogen and oxygen atoms in total. The molecule has 0 saturated carbocycles. The lowest BCUT2D eigenvalue weighted by Gasteiger charge is -2.43. The van der Waals surface area contributed by atoms with E-state index >= 15 is 0 Å². The van der Waals surface area contributed by atoms with Crippen LogP contribution in [0.15, 0.2) is 60.7 Å². The van der Waals surface area contributed by atoms with E-state index in [1.165, 1.54) is 10.4 Å². The average Bonchev–Trinajstić information content (AvgIpc) is 2.63. The highest BCUT2D eigenvalue weighted by Gasteiger charge is 2.50. The van der Waals surface area contributed by atoms with Crippen LogP contribution in [0.1, 0.15) is 47.5 Å². The molecule has 27 heavy (non-hydrogen) atoms. The average molecular weight is 385 g/mol. The lowest BCUT2D eigenvalue weighted by Crippen LogP contribution is -2.66. The molecule has 0 aliphatic carbocycles. The summed E-state index contributed by atoms with van der Waals surface area (Å²) < 4.78 is 6.98. The molecule has 0 fully saturated rings. The standard InChI is InChI=1S/C24H36O2Si/c1-20(16-17-25)18-21(2)19-26-27(24(3,4)5,22-12-8-6-9-13-22)23-14-10-7-11-15-23/h6-15,20-21,25H,16-19H2,1-5H3/t20-,21+/m1/s1. The zero-order valence-electron chi connectivity index (χ0n) is 17.6. The molecule has 0 amide bonds. The summed E-state index contributed by atoms with van der Waals surface area (Å²) in [5.74, 6) is 0.987. The molecule has 0 bridgehead atoms. The molecule has 3 heteroatoms. The highest BCUT2D eigenvalue weighted by atomic mass is 28.4. The summed E-state index contributed by atoms with van der Waals surface area (Å²) in [7, 11) is -2.43. The molecular weight excluding hydrogens is 348 g/mol. The minimum Gasteiger partial charge on any atom is -0.407 e. The number of rotatable bonds is 9. The van der Waals surface area contributed by atoms with E-state index in [4.69, 9.17) is 4.43 Å². The fraction of sp³-hybridized carbons (Fsp3) is 0.500. The van der Waals surface area contributed by atoms with E-state index in [1.54, 1.807) is 0 Å². The third kappa shape index (κ3) is 5.31. The van der Waals surface area contributed by atoms with E-state index in [-0.39, 0.29) is 11.6 Å². The molecule has 148 valence electrons. The summed E-state index contributed by atoms with van der Waals surface area (Å²) in [6.07, 6.45) is 1.95. The Morgan fingerprint density at radius 1 is 0.852 bits per heavy atom. The third-order valence-electron chi connectivity index (χ3n) is 5.43. The van der Waals surface area contributed by atoms with Crippen molar-refractivity contribution in [2.45, 2.75) is 52.5 Å². The quantitative estimate of drug-likeness (QED) is 0.640. The van der Waals surface area contributed by atoms with E-state index in [0.717, 1.165) is 19.4 Å². The summed E-state index contributed by atoms with van der Waals surface area (Å²) in [5, 5.41) is 11.9. The molecule has 0 heterocycles. The Bertz CT molecular complexity index is 624. The van der Waals surface area contributed by atoms with E-state index in [9.17, 15) is 5.11 Å². The van der Waals surface area contributed by atoms with Crippen molar-refractivity contribution in [3.05, 3.63) is 60.7 Å². The Balaban J connectivity index is 2.38. The molecule has 2 aromatic carbocycles. The molecular formula is C24H36O2Si. The SMILES string of the molecule is C[C@H](CCO)C[C@H](C)CO[Si](c1ccccc1)(c1ccccc1)C(C)(C)C. The number of aliphatic hydroxyl groups is 1. The van der Waals surface area contributed by atoms with Crippen LogP contribution in [0.2, 0.25) is 5.04 Å². The second kappa shape index (κ2) is 9.68. The van der Waals surface area contributed by atoms with Gasteiger partial charge in [-0.25, -0.2) is 0 Å². The zero-order chi connectivity index (χ0) is 19.9. The van der Waals surface area contributed by atoms with Crippen molar-refractivity contribution in [3.8, 4) is 0 Å². The van der Waals surface area contributed by atoms with Gasteiger partial charge in [0.05, 0.1) is 0 Å². The predicted molar refractivity (Wildman–Crippen MR) is 118 cm³/mol. The molecule has 0 aromatic heterocycles. The molecule has 1 N–H and O–H groups in total. The number of hydrogen-bond acceptors (Lipinski definition) is 2. The summed E-state index contributed by atoms with van der Waals surface area (Å²) in [6.45, 7) is 12.5. The summed E-state index contributed by atoms with van der Waals surface area (Å²) in [6, 6.07) is 21.6. The van der Waals surface area contributed by atoms with Gasteiger partial charge in [0, 0.05) is 13.2 Å². The number of benzene rings is 2. The highest BCUT2D eigenvalue weighted by Crippen LogP contribution is 2.37. The minimum absolute atomic E-state index is 0.0200. The molecule has 2 atom stereocenters. The van der Waals surface area contributed by atoms with E-state index in [1.807, 2.05) is 0 Å². The highest BCUT2D eigenvalue weighted by molar-refractivity contribution is 6.99. The second-order valence-electron chi connectivity index (χ2n) is 8.93. The summed E-state index contributed by atoms with van der Waals surface area (Å²) in [4.78, 5) is 0. The van der Waals surface area contributed by atoms with Crippen LogP contribution < -0.4 is 10.4 Å². The van der Waals surface area contributed by atoms with Crippen LogP contribution in [0.25, 0.3) is 0 Å². The number of hydrogen-bond donors (Lipinski definition) is 1. The van der Waals surface area contributed by atoms with Crippen molar-refractivity contribution < 1.29 is 9.53 Å². The topological polar surface area (TPSA) is 29.5 Å². The van der Waals surface area contributed by atoms with Crippen LogP contribution in [-0.4, -0.2) is 26.6 Å². The molecule has 0 saturated heterocycles. The van der Waals surface area contributed by atoms with Crippen molar-refractivity contribution >= 4 is 18.7 Å². The fourth-order valence-corrected chi connectivity index (χ4v) is 8.81. The molecule has 0 radical (unpaired) electrons. The molecule has 0 aliphatic heterocycles. The lowest BCUT2D eigenvalue weighted by molar-refractivity contribution is 0.204. The molecule has 2 aromatic rings.